The Bertz CT molecular complexity index is 340. The minimum Gasteiger partial charge on any atom is -0.480 e. The van der Waals surface area contributed by atoms with Crippen LogP contribution in [0.3, 0.4) is 0 Å². The number of aliphatic carboxylic acids is 1. The largest absolute Gasteiger partial charge is 0.480 e. The Morgan fingerprint density at radius 3 is 2.84 bits per heavy atom. The van der Waals surface area contributed by atoms with E-state index in [4.69, 9.17) is 14.6 Å². The number of carboxylic acids is 1. The van der Waals surface area contributed by atoms with Crippen LogP contribution in [0.25, 0.3) is 0 Å². The summed E-state index contributed by atoms with van der Waals surface area (Å²) in [4.78, 5) is 24.7. The first kappa shape index (κ1) is 14.3. The number of methoxy groups -OCH3 is 1. The molecule has 3 unspecified atom stereocenters. The van der Waals surface area contributed by atoms with E-state index in [1.807, 2.05) is 0 Å². The van der Waals surface area contributed by atoms with Crippen LogP contribution in [0, 0.1) is 0 Å². The van der Waals surface area contributed by atoms with Crippen LogP contribution >= 0.6 is 0 Å². The number of hydrogen-bond acceptors (Lipinski definition) is 4. The smallest absolute Gasteiger partial charge is 0.326 e. The Hall–Kier alpha value is -1.14. The zero-order valence-corrected chi connectivity index (χ0v) is 11.2. The molecule has 0 aliphatic carbocycles. The molecule has 0 aromatic heterocycles. The number of nitrogens with zero attached hydrogens (tertiary/aromatic N) is 1. The third-order valence-corrected chi connectivity index (χ3v) is 3.91. The Labute approximate surface area is 112 Å². The summed E-state index contributed by atoms with van der Waals surface area (Å²) in [5.74, 6) is -1.06. The maximum Gasteiger partial charge on any atom is 0.326 e. The molecule has 2 fully saturated rings. The normalized spacial score (nSPS) is 30.8. The summed E-state index contributed by atoms with van der Waals surface area (Å²) in [5, 5.41) is 9.15. The lowest BCUT2D eigenvalue weighted by Crippen LogP contribution is -2.40. The Morgan fingerprint density at radius 1 is 1.47 bits per heavy atom. The molecule has 0 aromatic carbocycles. The predicted molar refractivity (Wildman–Crippen MR) is 66.8 cm³/mol. The lowest BCUT2D eigenvalue weighted by Gasteiger charge is -2.21. The Morgan fingerprint density at radius 2 is 2.26 bits per heavy atom. The van der Waals surface area contributed by atoms with Gasteiger partial charge in [-0.05, 0) is 19.3 Å². The zero-order valence-electron chi connectivity index (χ0n) is 11.2. The molecule has 0 radical (unpaired) electrons. The SMILES string of the molecule is COC1CC(C(=O)O)N(C(=O)CCC2CCCO2)C1. The van der Waals surface area contributed by atoms with E-state index >= 15 is 0 Å². The van der Waals surface area contributed by atoms with Gasteiger partial charge in [-0.3, -0.25) is 4.79 Å². The molecule has 2 saturated heterocycles. The van der Waals surface area contributed by atoms with E-state index < -0.39 is 12.0 Å². The van der Waals surface area contributed by atoms with Gasteiger partial charge in [0.25, 0.3) is 0 Å². The molecule has 6 heteroatoms. The van der Waals surface area contributed by atoms with Crippen molar-refractivity contribution in [3.63, 3.8) is 0 Å². The molecule has 108 valence electrons. The predicted octanol–water partition coefficient (Wildman–Crippen LogP) is 0.646. The van der Waals surface area contributed by atoms with Gasteiger partial charge >= 0.3 is 5.97 Å². The summed E-state index contributed by atoms with van der Waals surface area (Å²) in [6.45, 7) is 1.14. The Kier molecular flexibility index (Phi) is 4.76. The first-order chi connectivity index (χ1) is 9.11. The summed E-state index contributed by atoms with van der Waals surface area (Å²) in [7, 11) is 1.55. The van der Waals surface area contributed by atoms with Gasteiger partial charge < -0.3 is 19.5 Å². The Balaban J connectivity index is 1.87. The summed E-state index contributed by atoms with van der Waals surface area (Å²) in [6, 6.07) is -0.748. The van der Waals surface area contributed by atoms with E-state index in [0.717, 1.165) is 19.4 Å². The number of rotatable bonds is 5. The van der Waals surface area contributed by atoms with Crippen LogP contribution in [0.4, 0.5) is 0 Å². The molecule has 6 nitrogen and oxygen atoms in total. The molecule has 1 amide bonds. The standard InChI is InChI=1S/C13H21NO5/c1-18-10-7-11(13(16)17)14(8-10)12(15)5-4-9-3-2-6-19-9/h9-11H,2-8H2,1H3,(H,16,17). The van der Waals surface area contributed by atoms with Crippen molar-refractivity contribution in [3.05, 3.63) is 0 Å². The van der Waals surface area contributed by atoms with Crippen molar-refractivity contribution in [3.8, 4) is 0 Å². The summed E-state index contributed by atoms with van der Waals surface area (Å²) in [5.41, 5.74) is 0. The number of hydrogen-bond donors (Lipinski definition) is 1. The second-order valence-corrected chi connectivity index (χ2v) is 5.17. The number of amides is 1. The van der Waals surface area contributed by atoms with Crippen LogP contribution in [-0.2, 0) is 19.1 Å². The van der Waals surface area contributed by atoms with Crippen LogP contribution in [0.2, 0.25) is 0 Å². The highest BCUT2D eigenvalue weighted by Gasteiger charge is 2.39. The molecule has 2 aliphatic rings. The molecule has 0 saturated carbocycles. The minimum absolute atomic E-state index is 0.109. The van der Waals surface area contributed by atoms with Crippen molar-refractivity contribution in [2.75, 3.05) is 20.3 Å². The van der Waals surface area contributed by atoms with Crippen molar-refractivity contribution < 1.29 is 24.2 Å². The molecule has 0 bridgehead atoms. The molecule has 2 heterocycles. The highest BCUT2D eigenvalue weighted by Crippen LogP contribution is 2.23. The van der Waals surface area contributed by atoms with Gasteiger partial charge in [-0.25, -0.2) is 4.79 Å². The van der Waals surface area contributed by atoms with E-state index in [-0.39, 0.29) is 18.1 Å². The van der Waals surface area contributed by atoms with Gasteiger partial charge in [-0.15, -0.1) is 0 Å². The number of carboxylic acid groups (broad SMARTS) is 1. The lowest BCUT2D eigenvalue weighted by molar-refractivity contribution is -0.148. The summed E-state index contributed by atoms with van der Waals surface area (Å²) < 4.78 is 10.6. The zero-order chi connectivity index (χ0) is 13.8. The van der Waals surface area contributed by atoms with Crippen LogP contribution < -0.4 is 0 Å². The van der Waals surface area contributed by atoms with Gasteiger partial charge in [0.15, 0.2) is 0 Å². The van der Waals surface area contributed by atoms with Gasteiger partial charge in [0.1, 0.15) is 6.04 Å². The molecule has 1 N–H and O–H groups in total. The van der Waals surface area contributed by atoms with Crippen molar-refractivity contribution in [2.45, 2.75) is 50.4 Å². The van der Waals surface area contributed by atoms with Gasteiger partial charge in [0, 0.05) is 33.1 Å². The van der Waals surface area contributed by atoms with E-state index in [2.05, 4.69) is 0 Å². The van der Waals surface area contributed by atoms with Crippen molar-refractivity contribution >= 4 is 11.9 Å². The van der Waals surface area contributed by atoms with Crippen LogP contribution in [-0.4, -0.2) is 60.4 Å². The topological polar surface area (TPSA) is 76.1 Å². The molecular weight excluding hydrogens is 250 g/mol. The highest BCUT2D eigenvalue weighted by molar-refractivity contribution is 5.84. The molecule has 19 heavy (non-hydrogen) atoms. The van der Waals surface area contributed by atoms with Gasteiger partial charge in [-0.1, -0.05) is 0 Å². The fraction of sp³-hybridized carbons (Fsp3) is 0.846. The second-order valence-electron chi connectivity index (χ2n) is 5.17. The minimum atomic E-state index is -0.954. The summed E-state index contributed by atoms with van der Waals surface area (Å²) >= 11 is 0. The van der Waals surface area contributed by atoms with E-state index in [1.165, 1.54) is 4.90 Å². The number of carbonyl (C=O) groups excluding carboxylic acids is 1. The maximum absolute atomic E-state index is 12.1. The average Bonchev–Trinajstić information content (AvgIpc) is 3.04. The van der Waals surface area contributed by atoms with Crippen LogP contribution in [0.15, 0.2) is 0 Å². The molecule has 2 rings (SSSR count). The molecule has 0 spiro atoms. The molecule has 2 aliphatic heterocycles. The molecule has 0 aromatic rings. The quantitative estimate of drug-likeness (QED) is 0.794. The van der Waals surface area contributed by atoms with E-state index in [0.29, 0.717) is 25.8 Å². The average molecular weight is 271 g/mol. The van der Waals surface area contributed by atoms with Crippen molar-refractivity contribution in [1.82, 2.24) is 4.90 Å². The lowest BCUT2D eigenvalue weighted by atomic mass is 10.1. The number of likely N-dealkylation sites (tertiary alicyclic amines) is 1. The first-order valence-corrected chi connectivity index (χ1v) is 6.78. The van der Waals surface area contributed by atoms with Gasteiger partial charge in [0.05, 0.1) is 12.2 Å². The van der Waals surface area contributed by atoms with Crippen LogP contribution in [0.5, 0.6) is 0 Å². The maximum atomic E-state index is 12.1. The van der Waals surface area contributed by atoms with Crippen LogP contribution in [0.1, 0.15) is 32.1 Å². The second kappa shape index (κ2) is 6.34. The first-order valence-electron chi connectivity index (χ1n) is 6.78. The monoisotopic (exact) mass is 271 g/mol. The summed E-state index contributed by atoms with van der Waals surface area (Å²) in [6.07, 6.45) is 3.44. The van der Waals surface area contributed by atoms with Gasteiger partial charge in [0.2, 0.25) is 5.91 Å². The van der Waals surface area contributed by atoms with Crippen molar-refractivity contribution in [2.24, 2.45) is 0 Å². The fourth-order valence-electron chi connectivity index (χ4n) is 2.78. The fourth-order valence-corrected chi connectivity index (χ4v) is 2.78. The van der Waals surface area contributed by atoms with E-state index in [9.17, 15) is 9.59 Å². The highest BCUT2D eigenvalue weighted by atomic mass is 16.5. The third kappa shape index (κ3) is 3.45. The van der Waals surface area contributed by atoms with Crippen molar-refractivity contribution in [1.29, 1.82) is 0 Å². The molecular formula is C13H21NO5. The van der Waals surface area contributed by atoms with E-state index in [1.54, 1.807) is 7.11 Å². The van der Waals surface area contributed by atoms with Gasteiger partial charge in [-0.2, -0.15) is 0 Å². The number of carbonyl (C=O) groups is 2. The third-order valence-electron chi connectivity index (χ3n) is 3.91. The number of ether oxygens (including phenoxy) is 2. The molecule has 3 atom stereocenters.